The molecule has 2 heterocycles. The van der Waals surface area contributed by atoms with E-state index in [-0.39, 0.29) is 42.6 Å². The maximum Gasteiger partial charge on any atom is 0.334 e. The van der Waals surface area contributed by atoms with Gasteiger partial charge in [0.25, 0.3) is 0 Å². The van der Waals surface area contributed by atoms with Crippen molar-refractivity contribution in [1.82, 2.24) is 0 Å². The fraction of sp³-hybridized carbons (Fsp3) is 0.818. The molecule has 0 aromatic carbocycles. The molecule has 9 nitrogen and oxygen atoms in total. The highest BCUT2D eigenvalue weighted by Gasteiger charge is 2.45. The van der Waals surface area contributed by atoms with Crippen LogP contribution in [0.15, 0.2) is 24.3 Å². The molecule has 240 valence electrons. The number of aliphatic hydroxyl groups is 1. The van der Waals surface area contributed by atoms with Crippen molar-refractivity contribution in [2.24, 2.45) is 11.8 Å². The molecule has 3 aliphatic rings. The van der Waals surface area contributed by atoms with E-state index in [1.807, 2.05) is 6.08 Å². The zero-order valence-corrected chi connectivity index (χ0v) is 25.8. The van der Waals surface area contributed by atoms with E-state index in [0.717, 1.165) is 77.4 Å². The Kier molecular flexibility index (Phi) is 16.7. The molecule has 0 aromatic rings. The van der Waals surface area contributed by atoms with Crippen LogP contribution in [0.2, 0.25) is 0 Å². The van der Waals surface area contributed by atoms with Crippen LogP contribution in [0.5, 0.6) is 0 Å². The average molecular weight is 595 g/mol. The number of esters is 2. The predicted molar refractivity (Wildman–Crippen MR) is 158 cm³/mol. The highest BCUT2D eigenvalue weighted by Crippen LogP contribution is 2.41. The lowest BCUT2D eigenvalue weighted by Crippen LogP contribution is -2.30. The van der Waals surface area contributed by atoms with Crippen molar-refractivity contribution in [3.05, 3.63) is 24.3 Å². The SMILES string of the molecule is COC(=O)C(O)CC/C=C\C[C@@H]1[C@@H](/C=C/CCCCCCOC2CCCCO2)[C@H](OC2CCCCO2)C[C@@H]1OC(C)=O. The number of ether oxygens (including phenoxy) is 6. The number of allylic oxidation sites excluding steroid dienone is 3. The number of hydrogen-bond donors (Lipinski definition) is 1. The van der Waals surface area contributed by atoms with Crippen molar-refractivity contribution in [2.75, 3.05) is 26.9 Å². The van der Waals surface area contributed by atoms with Crippen molar-refractivity contribution in [2.45, 2.75) is 134 Å². The zero-order valence-electron chi connectivity index (χ0n) is 25.8. The third-order valence-electron chi connectivity index (χ3n) is 8.37. The van der Waals surface area contributed by atoms with Crippen molar-refractivity contribution >= 4 is 11.9 Å². The van der Waals surface area contributed by atoms with Gasteiger partial charge in [0.1, 0.15) is 6.10 Å². The van der Waals surface area contributed by atoms with Gasteiger partial charge in [0.05, 0.1) is 13.2 Å². The Bertz CT molecular complexity index is 816. The first-order valence-electron chi connectivity index (χ1n) is 16.2. The number of methoxy groups -OCH3 is 1. The highest BCUT2D eigenvalue weighted by atomic mass is 16.7. The summed E-state index contributed by atoms with van der Waals surface area (Å²) in [6.45, 7) is 3.75. The minimum absolute atomic E-state index is 0.00711. The van der Waals surface area contributed by atoms with Crippen LogP contribution in [0.25, 0.3) is 0 Å². The number of carbonyl (C=O) groups excluding carboxylic acids is 2. The van der Waals surface area contributed by atoms with Crippen molar-refractivity contribution in [3.8, 4) is 0 Å². The first-order chi connectivity index (χ1) is 20.5. The molecule has 0 radical (unpaired) electrons. The quantitative estimate of drug-likeness (QED) is 0.120. The van der Waals surface area contributed by atoms with Crippen molar-refractivity contribution in [3.63, 3.8) is 0 Å². The van der Waals surface area contributed by atoms with Gasteiger partial charge in [-0.15, -0.1) is 0 Å². The van der Waals surface area contributed by atoms with Crippen LogP contribution < -0.4 is 0 Å². The number of rotatable bonds is 18. The van der Waals surface area contributed by atoms with Gasteiger partial charge in [-0.25, -0.2) is 4.79 Å². The summed E-state index contributed by atoms with van der Waals surface area (Å²) in [6.07, 6.45) is 20.9. The van der Waals surface area contributed by atoms with Gasteiger partial charge in [-0.1, -0.05) is 37.1 Å². The van der Waals surface area contributed by atoms with E-state index in [4.69, 9.17) is 23.7 Å². The Morgan fingerprint density at radius 1 is 0.905 bits per heavy atom. The van der Waals surface area contributed by atoms with Gasteiger partial charge >= 0.3 is 11.9 Å². The first-order valence-corrected chi connectivity index (χ1v) is 16.2. The van der Waals surface area contributed by atoms with Crippen LogP contribution >= 0.6 is 0 Å². The van der Waals surface area contributed by atoms with E-state index in [9.17, 15) is 14.7 Å². The van der Waals surface area contributed by atoms with Crippen LogP contribution in [-0.2, 0) is 38.0 Å². The molecule has 3 unspecified atom stereocenters. The van der Waals surface area contributed by atoms with Crippen LogP contribution in [-0.4, -0.2) is 74.9 Å². The van der Waals surface area contributed by atoms with Crippen LogP contribution in [0.4, 0.5) is 0 Å². The molecule has 0 spiro atoms. The zero-order chi connectivity index (χ0) is 30.0. The molecule has 3 fully saturated rings. The smallest absolute Gasteiger partial charge is 0.334 e. The van der Waals surface area contributed by atoms with Gasteiger partial charge in [-0.05, 0) is 77.0 Å². The first kappa shape index (κ1) is 34.7. The van der Waals surface area contributed by atoms with E-state index < -0.39 is 12.1 Å². The number of hydrogen-bond acceptors (Lipinski definition) is 9. The summed E-state index contributed by atoms with van der Waals surface area (Å²) in [5.74, 6) is -0.744. The Balaban J connectivity index is 1.51. The molecule has 9 heteroatoms. The summed E-state index contributed by atoms with van der Waals surface area (Å²) < 4.78 is 34.2. The number of unbranched alkanes of at least 4 members (excludes halogenated alkanes) is 4. The lowest BCUT2D eigenvalue weighted by atomic mass is 9.89. The second-order valence-electron chi connectivity index (χ2n) is 11.7. The van der Waals surface area contributed by atoms with Crippen molar-refractivity contribution in [1.29, 1.82) is 0 Å². The molecular formula is C33H54O9. The monoisotopic (exact) mass is 594 g/mol. The Morgan fingerprint density at radius 2 is 1.64 bits per heavy atom. The molecule has 42 heavy (non-hydrogen) atoms. The lowest BCUT2D eigenvalue weighted by molar-refractivity contribution is -0.193. The number of carbonyl (C=O) groups is 2. The van der Waals surface area contributed by atoms with Gasteiger partial charge in [0.15, 0.2) is 18.7 Å². The maximum absolute atomic E-state index is 12.0. The van der Waals surface area contributed by atoms with E-state index in [1.54, 1.807) is 0 Å². The van der Waals surface area contributed by atoms with Crippen LogP contribution in [0.3, 0.4) is 0 Å². The van der Waals surface area contributed by atoms with Crippen molar-refractivity contribution < 1.29 is 43.1 Å². The molecule has 1 saturated carbocycles. The molecular weight excluding hydrogens is 540 g/mol. The Morgan fingerprint density at radius 3 is 2.33 bits per heavy atom. The number of aliphatic hydroxyl groups excluding tert-OH is 1. The summed E-state index contributed by atoms with van der Waals surface area (Å²) in [7, 11) is 1.27. The molecule has 0 aromatic heterocycles. The fourth-order valence-electron chi connectivity index (χ4n) is 6.08. The molecule has 1 aliphatic carbocycles. The fourth-order valence-corrected chi connectivity index (χ4v) is 6.08. The third kappa shape index (κ3) is 12.8. The predicted octanol–water partition coefficient (Wildman–Crippen LogP) is 5.78. The van der Waals surface area contributed by atoms with Gasteiger partial charge < -0.3 is 33.5 Å². The summed E-state index contributed by atoms with van der Waals surface area (Å²) >= 11 is 0. The van der Waals surface area contributed by atoms with Gasteiger partial charge in [0, 0.05) is 45.0 Å². The lowest BCUT2D eigenvalue weighted by Gasteiger charge is -2.29. The molecule has 0 bridgehead atoms. The molecule has 2 aliphatic heterocycles. The molecule has 3 rings (SSSR count). The molecule has 1 N–H and O–H groups in total. The van der Waals surface area contributed by atoms with Gasteiger partial charge in [0.2, 0.25) is 0 Å². The normalized spacial score (nSPS) is 29.2. The maximum atomic E-state index is 12.0. The minimum Gasteiger partial charge on any atom is -0.467 e. The van der Waals surface area contributed by atoms with Gasteiger partial charge in [-0.2, -0.15) is 0 Å². The second-order valence-corrected chi connectivity index (χ2v) is 11.7. The van der Waals surface area contributed by atoms with Crippen LogP contribution in [0, 0.1) is 11.8 Å². The summed E-state index contributed by atoms with van der Waals surface area (Å²) in [6, 6.07) is 0. The Labute approximate surface area is 252 Å². The summed E-state index contributed by atoms with van der Waals surface area (Å²) in [4.78, 5) is 23.4. The second kappa shape index (κ2) is 20.2. The summed E-state index contributed by atoms with van der Waals surface area (Å²) in [5.41, 5.74) is 0. The van der Waals surface area contributed by atoms with Gasteiger partial charge in [-0.3, -0.25) is 4.79 Å². The molecule has 7 atom stereocenters. The average Bonchev–Trinajstić information content (AvgIpc) is 3.30. The van der Waals surface area contributed by atoms with E-state index in [2.05, 4.69) is 23.0 Å². The van der Waals surface area contributed by atoms with E-state index >= 15 is 0 Å². The molecule has 0 amide bonds. The standard InChI is InChI=1S/C33H54O9/c1-25(34)41-29-24-30(42-32-20-12-15-23-40-32)27(26(29)17-9-7-10-18-28(35)33(36)37-2)16-8-5-3-4-6-13-21-38-31-19-11-14-22-39-31/h7-9,16,26-32,35H,3-6,10-15,17-24H2,1-2H3/b9-7-,16-8+/t26-,27-,28?,29+,30-,31?,32?/m1/s1. The van der Waals surface area contributed by atoms with E-state index in [1.165, 1.54) is 20.5 Å². The third-order valence-corrected chi connectivity index (χ3v) is 8.37. The van der Waals surface area contributed by atoms with E-state index in [0.29, 0.717) is 32.3 Å². The molecule has 2 saturated heterocycles. The largest absolute Gasteiger partial charge is 0.467 e. The highest BCUT2D eigenvalue weighted by molar-refractivity contribution is 5.74. The van der Waals surface area contributed by atoms with Crippen LogP contribution in [0.1, 0.15) is 103 Å². The summed E-state index contributed by atoms with van der Waals surface area (Å²) in [5, 5.41) is 9.84. The Hall–Kier alpha value is -1.78. The minimum atomic E-state index is -1.12. The topological polar surface area (TPSA) is 110 Å².